The molecule has 4 heteroatoms. The Balaban J connectivity index is 1.21. The lowest BCUT2D eigenvalue weighted by molar-refractivity contribution is 1.27. The van der Waals surface area contributed by atoms with Gasteiger partial charge >= 0.3 is 0 Å². The summed E-state index contributed by atoms with van der Waals surface area (Å²) < 4.78 is 0. The zero-order valence-electron chi connectivity index (χ0n) is 27.2. The third-order valence-corrected chi connectivity index (χ3v) is 18.2. The molecule has 10 rings (SSSR count). The highest BCUT2D eigenvalue weighted by atomic mass is 32.2. The molecule has 0 saturated heterocycles. The standard InChI is InChI=1S/C46H31NS2Si/c1-2-13-32(14-3-1)33-25-27-35(28-26-33)47(38-18-12-16-34-15-4-5-17-37(34)38)36-29-30-46-42(31-36)49-41-21-8-11-24-45(41)50(46)43-22-9-6-19-39(43)48-40-20-7-10-23-44(40)50/h1-31H. The number of hydrogen-bond donors (Lipinski definition) is 0. The average molecular weight is 690 g/mol. The summed E-state index contributed by atoms with van der Waals surface area (Å²) in [6.45, 7) is 0. The van der Waals surface area contributed by atoms with Crippen molar-refractivity contribution < 1.29 is 0 Å². The van der Waals surface area contributed by atoms with E-state index in [2.05, 4.69) is 193 Å². The molecule has 0 fully saturated rings. The molecular formula is C46H31NS2Si. The fourth-order valence-electron chi connectivity index (χ4n) is 8.01. The fourth-order valence-corrected chi connectivity index (χ4v) is 17.2. The van der Waals surface area contributed by atoms with Crippen molar-refractivity contribution >= 4 is 80.2 Å². The number of fused-ring (bicyclic) bond motifs is 9. The lowest BCUT2D eigenvalue weighted by Gasteiger charge is -2.44. The Morgan fingerprint density at radius 3 is 1.54 bits per heavy atom. The van der Waals surface area contributed by atoms with E-state index in [-0.39, 0.29) is 0 Å². The molecule has 50 heavy (non-hydrogen) atoms. The second-order valence-corrected chi connectivity index (χ2v) is 18.7. The molecule has 0 amide bonds. The molecule has 2 heterocycles. The molecule has 0 saturated carbocycles. The quantitative estimate of drug-likeness (QED) is 0.169. The van der Waals surface area contributed by atoms with Gasteiger partial charge in [-0.2, -0.15) is 0 Å². The van der Waals surface area contributed by atoms with E-state index in [4.69, 9.17) is 0 Å². The van der Waals surface area contributed by atoms with Crippen LogP contribution in [-0.4, -0.2) is 8.07 Å². The van der Waals surface area contributed by atoms with Crippen LogP contribution in [0.25, 0.3) is 21.9 Å². The van der Waals surface area contributed by atoms with Crippen LogP contribution in [-0.2, 0) is 0 Å². The van der Waals surface area contributed by atoms with Crippen molar-refractivity contribution in [3.8, 4) is 11.1 Å². The predicted molar refractivity (Wildman–Crippen MR) is 216 cm³/mol. The Morgan fingerprint density at radius 2 is 0.860 bits per heavy atom. The molecular weight excluding hydrogens is 659 g/mol. The Kier molecular flexibility index (Phi) is 7.09. The van der Waals surface area contributed by atoms with Crippen LogP contribution in [0.2, 0.25) is 0 Å². The second-order valence-electron chi connectivity index (χ2n) is 12.9. The minimum absolute atomic E-state index is 1.14. The van der Waals surface area contributed by atoms with E-state index in [0.717, 1.165) is 11.4 Å². The van der Waals surface area contributed by atoms with E-state index >= 15 is 0 Å². The maximum absolute atomic E-state index is 2.62. The van der Waals surface area contributed by atoms with Crippen LogP contribution in [0, 0.1) is 0 Å². The normalized spacial score (nSPS) is 13.6. The lowest BCUT2D eigenvalue weighted by atomic mass is 10.0. The summed E-state index contributed by atoms with van der Waals surface area (Å²) in [4.78, 5) is 7.92. The van der Waals surface area contributed by atoms with Crippen molar-refractivity contribution in [2.75, 3.05) is 4.90 Å². The molecule has 0 N–H and O–H groups in total. The molecule has 0 bridgehead atoms. The molecule has 1 nitrogen and oxygen atoms in total. The first-order chi connectivity index (χ1) is 24.8. The summed E-state index contributed by atoms with van der Waals surface area (Å²) in [5.41, 5.74) is 5.91. The van der Waals surface area contributed by atoms with Gasteiger partial charge in [0.1, 0.15) is 0 Å². The van der Waals surface area contributed by atoms with Gasteiger partial charge in [0.05, 0.1) is 5.69 Å². The van der Waals surface area contributed by atoms with E-state index in [9.17, 15) is 0 Å². The highest BCUT2D eigenvalue weighted by Gasteiger charge is 2.51. The summed E-state index contributed by atoms with van der Waals surface area (Å²) >= 11 is 3.85. The number of benzene rings is 8. The Labute approximate surface area is 302 Å². The molecule has 0 radical (unpaired) electrons. The van der Waals surface area contributed by atoms with Crippen LogP contribution in [0.1, 0.15) is 0 Å². The number of hydrogen-bond acceptors (Lipinski definition) is 3. The van der Waals surface area contributed by atoms with Crippen molar-refractivity contribution in [1.29, 1.82) is 0 Å². The summed E-state index contributed by atoms with van der Waals surface area (Å²) in [7, 11) is -2.62. The van der Waals surface area contributed by atoms with Crippen molar-refractivity contribution in [3.63, 3.8) is 0 Å². The van der Waals surface area contributed by atoms with Crippen LogP contribution in [0.3, 0.4) is 0 Å². The molecule has 2 aliphatic rings. The SMILES string of the molecule is c1ccc(-c2ccc(N(c3ccc4c(c3)Sc3ccccc3[Si]43c4ccccc4Sc4ccccc43)c3cccc4ccccc34)cc2)cc1. The number of nitrogens with zero attached hydrogens (tertiary/aromatic N) is 1. The third-order valence-electron chi connectivity index (χ3n) is 10.2. The van der Waals surface area contributed by atoms with Gasteiger partial charge in [0, 0.05) is 36.3 Å². The Morgan fingerprint density at radius 1 is 0.360 bits per heavy atom. The maximum Gasteiger partial charge on any atom is 0.184 e. The fraction of sp³-hybridized carbons (Fsp3) is 0. The van der Waals surface area contributed by atoms with Crippen molar-refractivity contribution in [3.05, 3.63) is 188 Å². The first kappa shape index (κ1) is 29.6. The molecule has 8 aromatic carbocycles. The van der Waals surface area contributed by atoms with E-state index in [1.54, 1.807) is 0 Å². The molecule has 1 spiro atoms. The summed E-state index contributed by atoms with van der Waals surface area (Å²) in [5.74, 6) is 0. The number of rotatable bonds is 4. The largest absolute Gasteiger partial charge is 0.310 e. The summed E-state index contributed by atoms with van der Waals surface area (Å²) in [6, 6.07) is 69.9. The van der Waals surface area contributed by atoms with Crippen LogP contribution >= 0.6 is 23.5 Å². The van der Waals surface area contributed by atoms with E-state index in [0.29, 0.717) is 0 Å². The molecule has 0 atom stereocenters. The summed E-state index contributed by atoms with van der Waals surface area (Å²) in [6.07, 6.45) is 0. The molecule has 236 valence electrons. The van der Waals surface area contributed by atoms with Crippen molar-refractivity contribution in [2.24, 2.45) is 0 Å². The summed E-state index contributed by atoms with van der Waals surface area (Å²) in [5, 5.41) is 8.42. The first-order valence-corrected chi connectivity index (χ1v) is 20.6. The van der Waals surface area contributed by atoms with Crippen LogP contribution < -0.4 is 25.6 Å². The zero-order valence-corrected chi connectivity index (χ0v) is 29.8. The maximum atomic E-state index is 2.47. The Bertz CT molecular complexity index is 2490. The smallest absolute Gasteiger partial charge is 0.184 e. The molecule has 8 aromatic rings. The average Bonchev–Trinajstić information content (AvgIpc) is 3.18. The zero-order chi connectivity index (χ0) is 33.1. The molecule has 0 unspecified atom stereocenters. The van der Waals surface area contributed by atoms with E-state index < -0.39 is 8.07 Å². The second kappa shape index (κ2) is 12.0. The molecule has 2 aliphatic heterocycles. The van der Waals surface area contributed by atoms with E-state index in [1.165, 1.54) is 67.9 Å². The van der Waals surface area contributed by atoms with Crippen molar-refractivity contribution in [1.82, 2.24) is 0 Å². The third kappa shape index (κ3) is 4.56. The van der Waals surface area contributed by atoms with Gasteiger partial charge in [0.25, 0.3) is 0 Å². The predicted octanol–water partition coefficient (Wildman–Crippen LogP) is 10.3. The number of anilines is 3. The van der Waals surface area contributed by atoms with Crippen LogP contribution in [0.15, 0.2) is 208 Å². The van der Waals surface area contributed by atoms with Gasteiger partial charge in [-0.05, 0) is 85.8 Å². The van der Waals surface area contributed by atoms with Gasteiger partial charge in [-0.1, -0.05) is 163 Å². The minimum Gasteiger partial charge on any atom is -0.310 e. The highest BCUT2D eigenvalue weighted by molar-refractivity contribution is 8.01. The van der Waals surface area contributed by atoms with Crippen LogP contribution in [0.5, 0.6) is 0 Å². The highest BCUT2D eigenvalue weighted by Crippen LogP contribution is 2.44. The first-order valence-electron chi connectivity index (χ1n) is 17.0. The monoisotopic (exact) mass is 689 g/mol. The van der Waals surface area contributed by atoms with Gasteiger partial charge in [-0.15, -0.1) is 0 Å². The van der Waals surface area contributed by atoms with Crippen LogP contribution in [0.4, 0.5) is 17.1 Å². The van der Waals surface area contributed by atoms with Gasteiger partial charge in [0.15, 0.2) is 8.07 Å². The van der Waals surface area contributed by atoms with Gasteiger partial charge < -0.3 is 4.90 Å². The van der Waals surface area contributed by atoms with Crippen molar-refractivity contribution in [2.45, 2.75) is 19.6 Å². The molecule has 0 aliphatic carbocycles. The Hall–Kier alpha value is -5.26. The van der Waals surface area contributed by atoms with E-state index in [1.807, 2.05) is 23.5 Å². The minimum atomic E-state index is -2.62. The van der Waals surface area contributed by atoms with Gasteiger partial charge in [-0.25, -0.2) is 0 Å². The molecule has 0 aromatic heterocycles. The topological polar surface area (TPSA) is 3.24 Å². The lowest BCUT2D eigenvalue weighted by Crippen LogP contribution is -2.78. The van der Waals surface area contributed by atoms with Gasteiger partial charge in [-0.3, -0.25) is 0 Å². The van der Waals surface area contributed by atoms with Gasteiger partial charge in [0.2, 0.25) is 0 Å².